The molecular formula is C15H20Cl2N4. The van der Waals surface area contributed by atoms with E-state index in [1.165, 1.54) is 0 Å². The molecule has 0 fully saturated rings. The molecule has 1 atom stereocenters. The number of hydrogen-bond acceptors (Lipinski definition) is 3. The van der Waals surface area contributed by atoms with Crippen LogP contribution in [0.2, 0.25) is 10.0 Å². The highest BCUT2D eigenvalue weighted by Gasteiger charge is 2.19. The first-order chi connectivity index (χ1) is 10.1. The number of aromatic nitrogens is 3. The molecule has 1 heterocycles. The van der Waals surface area contributed by atoms with Crippen LogP contribution in [0.3, 0.4) is 0 Å². The summed E-state index contributed by atoms with van der Waals surface area (Å²) in [5.41, 5.74) is 2.99. The second kappa shape index (κ2) is 7.25. The summed E-state index contributed by atoms with van der Waals surface area (Å²) in [6.45, 7) is 7.25. The number of hydrogen-bond donors (Lipinski definition) is 1. The lowest BCUT2D eigenvalue weighted by molar-refractivity contribution is 0.520. The van der Waals surface area contributed by atoms with E-state index in [1.807, 2.05) is 16.8 Å². The molecule has 1 unspecified atom stereocenters. The van der Waals surface area contributed by atoms with Gasteiger partial charge >= 0.3 is 0 Å². The zero-order valence-electron chi connectivity index (χ0n) is 12.5. The van der Waals surface area contributed by atoms with E-state index in [9.17, 15) is 0 Å². The van der Waals surface area contributed by atoms with Crippen LogP contribution in [0.25, 0.3) is 5.69 Å². The molecule has 0 amide bonds. The average molecular weight is 327 g/mol. The Morgan fingerprint density at radius 3 is 2.52 bits per heavy atom. The normalized spacial score (nSPS) is 12.6. The van der Waals surface area contributed by atoms with Crippen LogP contribution in [0.5, 0.6) is 0 Å². The van der Waals surface area contributed by atoms with Crippen LogP contribution in [-0.2, 0) is 6.42 Å². The SMILES string of the molecule is CCNC(CC)c1nnn(-c2ccc(Cl)c(Cl)c2)c1CC. The van der Waals surface area contributed by atoms with Crippen LogP contribution in [0.15, 0.2) is 18.2 Å². The zero-order valence-corrected chi connectivity index (χ0v) is 14.0. The Balaban J connectivity index is 2.45. The van der Waals surface area contributed by atoms with Crippen molar-refractivity contribution in [2.45, 2.75) is 39.7 Å². The van der Waals surface area contributed by atoms with E-state index in [2.05, 4.69) is 36.4 Å². The minimum absolute atomic E-state index is 0.224. The Bertz CT molecular complexity index is 610. The standard InChI is InChI=1S/C15H20Cl2N4/c1-4-13(18-6-3)15-14(5-2)21(20-19-15)10-7-8-11(16)12(17)9-10/h7-9,13,18H,4-6H2,1-3H3. The lowest BCUT2D eigenvalue weighted by atomic mass is 10.1. The van der Waals surface area contributed by atoms with Crippen molar-refractivity contribution >= 4 is 23.2 Å². The molecule has 0 bridgehead atoms. The smallest absolute Gasteiger partial charge is 0.103 e. The Labute approximate surface area is 135 Å². The molecule has 2 rings (SSSR count). The molecule has 1 aromatic heterocycles. The predicted molar refractivity (Wildman–Crippen MR) is 87.5 cm³/mol. The largest absolute Gasteiger partial charge is 0.309 e. The van der Waals surface area contributed by atoms with Crippen molar-refractivity contribution in [2.75, 3.05) is 6.54 Å². The maximum Gasteiger partial charge on any atom is 0.103 e. The molecule has 0 spiro atoms. The first-order valence-electron chi connectivity index (χ1n) is 7.25. The van der Waals surface area contributed by atoms with E-state index in [1.54, 1.807) is 6.07 Å². The van der Waals surface area contributed by atoms with E-state index in [4.69, 9.17) is 23.2 Å². The Morgan fingerprint density at radius 2 is 1.95 bits per heavy atom. The van der Waals surface area contributed by atoms with Gasteiger partial charge in [-0.2, -0.15) is 0 Å². The van der Waals surface area contributed by atoms with Gasteiger partial charge in [-0.25, -0.2) is 4.68 Å². The van der Waals surface area contributed by atoms with Crippen molar-refractivity contribution < 1.29 is 0 Å². The minimum Gasteiger partial charge on any atom is -0.309 e. The average Bonchev–Trinajstić information content (AvgIpc) is 2.91. The highest BCUT2D eigenvalue weighted by molar-refractivity contribution is 6.42. The number of nitrogens with one attached hydrogen (secondary N) is 1. The van der Waals surface area contributed by atoms with Crippen LogP contribution < -0.4 is 5.32 Å². The van der Waals surface area contributed by atoms with Gasteiger partial charge < -0.3 is 5.32 Å². The molecule has 0 saturated heterocycles. The van der Waals surface area contributed by atoms with Crippen molar-refractivity contribution in [1.29, 1.82) is 0 Å². The van der Waals surface area contributed by atoms with E-state index in [0.29, 0.717) is 10.0 Å². The maximum absolute atomic E-state index is 6.10. The first-order valence-corrected chi connectivity index (χ1v) is 8.01. The maximum atomic E-state index is 6.10. The summed E-state index contributed by atoms with van der Waals surface area (Å²) in [7, 11) is 0. The molecule has 0 aliphatic carbocycles. The Morgan fingerprint density at radius 1 is 1.19 bits per heavy atom. The molecule has 4 nitrogen and oxygen atoms in total. The molecule has 1 N–H and O–H groups in total. The van der Waals surface area contributed by atoms with Crippen LogP contribution in [0.1, 0.15) is 44.6 Å². The fraction of sp³-hybridized carbons (Fsp3) is 0.467. The van der Waals surface area contributed by atoms with Gasteiger partial charge in [0.15, 0.2) is 0 Å². The summed E-state index contributed by atoms with van der Waals surface area (Å²) in [5, 5.41) is 13.2. The molecule has 0 radical (unpaired) electrons. The highest BCUT2D eigenvalue weighted by atomic mass is 35.5. The van der Waals surface area contributed by atoms with Gasteiger partial charge in [0.05, 0.1) is 27.5 Å². The van der Waals surface area contributed by atoms with Gasteiger partial charge in [0.25, 0.3) is 0 Å². The Hall–Kier alpha value is -1.10. The number of halogens is 2. The molecule has 114 valence electrons. The molecular weight excluding hydrogens is 307 g/mol. The summed E-state index contributed by atoms with van der Waals surface area (Å²) in [5.74, 6) is 0. The van der Waals surface area contributed by atoms with Crippen molar-refractivity contribution in [1.82, 2.24) is 20.3 Å². The van der Waals surface area contributed by atoms with Gasteiger partial charge in [-0.15, -0.1) is 5.10 Å². The van der Waals surface area contributed by atoms with Gasteiger partial charge in [-0.05, 0) is 37.6 Å². The third kappa shape index (κ3) is 3.39. The van der Waals surface area contributed by atoms with Crippen LogP contribution >= 0.6 is 23.2 Å². The van der Waals surface area contributed by atoms with Gasteiger partial charge in [-0.1, -0.05) is 49.2 Å². The quantitative estimate of drug-likeness (QED) is 0.865. The number of benzene rings is 1. The van der Waals surface area contributed by atoms with E-state index >= 15 is 0 Å². The molecule has 21 heavy (non-hydrogen) atoms. The van der Waals surface area contributed by atoms with Crippen molar-refractivity contribution in [3.8, 4) is 5.69 Å². The summed E-state index contributed by atoms with van der Waals surface area (Å²) >= 11 is 12.1. The van der Waals surface area contributed by atoms with Crippen molar-refractivity contribution in [3.63, 3.8) is 0 Å². The predicted octanol–water partition coefficient (Wildman–Crippen LogP) is 4.20. The summed E-state index contributed by atoms with van der Waals surface area (Å²) in [6.07, 6.45) is 1.82. The minimum atomic E-state index is 0.224. The summed E-state index contributed by atoms with van der Waals surface area (Å²) < 4.78 is 1.84. The summed E-state index contributed by atoms with van der Waals surface area (Å²) in [4.78, 5) is 0. The third-order valence-electron chi connectivity index (χ3n) is 3.46. The van der Waals surface area contributed by atoms with E-state index < -0.39 is 0 Å². The number of rotatable bonds is 6. The van der Waals surface area contributed by atoms with E-state index in [-0.39, 0.29) is 6.04 Å². The Kier molecular flexibility index (Phi) is 5.62. The number of nitrogens with zero attached hydrogens (tertiary/aromatic N) is 3. The van der Waals surface area contributed by atoms with Gasteiger partial charge in [0.2, 0.25) is 0 Å². The monoisotopic (exact) mass is 326 g/mol. The lowest BCUT2D eigenvalue weighted by Gasteiger charge is -2.15. The van der Waals surface area contributed by atoms with Crippen LogP contribution in [0.4, 0.5) is 0 Å². The van der Waals surface area contributed by atoms with Gasteiger partial charge in [-0.3, -0.25) is 0 Å². The van der Waals surface area contributed by atoms with Crippen molar-refractivity contribution in [2.24, 2.45) is 0 Å². The van der Waals surface area contributed by atoms with Gasteiger partial charge in [0, 0.05) is 0 Å². The fourth-order valence-corrected chi connectivity index (χ4v) is 2.71. The first kappa shape index (κ1) is 16.3. The highest BCUT2D eigenvalue weighted by Crippen LogP contribution is 2.26. The zero-order chi connectivity index (χ0) is 15.4. The summed E-state index contributed by atoms with van der Waals surface area (Å²) in [6, 6.07) is 5.72. The molecule has 6 heteroatoms. The molecule has 0 aliphatic rings. The molecule has 1 aromatic carbocycles. The van der Waals surface area contributed by atoms with Gasteiger partial charge in [0.1, 0.15) is 5.69 Å². The molecule has 2 aromatic rings. The topological polar surface area (TPSA) is 42.7 Å². The van der Waals surface area contributed by atoms with E-state index in [0.717, 1.165) is 36.5 Å². The van der Waals surface area contributed by atoms with Crippen LogP contribution in [-0.4, -0.2) is 21.5 Å². The third-order valence-corrected chi connectivity index (χ3v) is 4.20. The van der Waals surface area contributed by atoms with Crippen molar-refractivity contribution in [3.05, 3.63) is 39.6 Å². The fourth-order valence-electron chi connectivity index (χ4n) is 2.42. The van der Waals surface area contributed by atoms with Crippen LogP contribution in [0, 0.1) is 0 Å². The molecule has 0 aliphatic heterocycles. The second-order valence-electron chi connectivity index (χ2n) is 4.80. The second-order valence-corrected chi connectivity index (χ2v) is 5.62. The molecule has 0 saturated carbocycles. The lowest BCUT2D eigenvalue weighted by Crippen LogP contribution is -2.21.